The van der Waals surface area contributed by atoms with Crippen LogP contribution in [-0.4, -0.2) is 9.97 Å². The average Bonchev–Trinajstić information content (AvgIpc) is 3.10. The van der Waals surface area contributed by atoms with Gasteiger partial charge in [-0.15, -0.1) is 0 Å². The maximum atomic E-state index is 13.2. The Morgan fingerprint density at radius 3 is 2.17 bits per heavy atom. The normalized spacial score (nSPS) is 16.3. The van der Waals surface area contributed by atoms with Crippen LogP contribution in [0.2, 0.25) is 0 Å². The highest BCUT2D eigenvalue weighted by atomic mass is 19.1. The second-order valence-corrected chi connectivity index (χ2v) is 4.44. The van der Waals surface area contributed by atoms with Crippen molar-refractivity contribution in [2.24, 2.45) is 0 Å². The predicted molar refractivity (Wildman–Crippen MR) is 62.9 cm³/mol. The first-order valence-electron chi connectivity index (χ1n) is 5.70. The maximum absolute atomic E-state index is 13.2. The van der Waals surface area contributed by atoms with Crippen LogP contribution >= 0.6 is 0 Å². The van der Waals surface area contributed by atoms with Gasteiger partial charge in [0.2, 0.25) is 5.95 Å². The molecule has 18 heavy (non-hydrogen) atoms. The topological polar surface area (TPSA) is 37.8 Å². The predicted octanol–water partition coefficient (Wildman–Crippen LogP) is 2.86. The molecule has 0 atom stereocenters. The lowest BCUT2D eigenvalue weighted by molar-refractivity contribution is 0.574. The van der Waals surface area contributed by atoms with Crippen LogP contribution in [0.25, 0.3) is 0 Å². The molecule has 1 aliphatic rings. The molecule has 2 aromatic rings. The van der Waals surface area contributed by atoms with Gasteiger partial charge < -0.3 is 5.32 Å². The standard InChI is InChI=1S/C13H11F2N3/c14-10-6-9(7-11(15)8-10)13(2-3-13)18-12-16-4-1-5-17-12/h1,4-8H,2-3H2,(H,16,17,18). The van der Waals surface area contributed by atoms with Gasteiger partial charge in [0.05, 0.1) is 5.54 Å². The van der Waals surface area contributed by atoms with Crippen LogP contribution in [0.5, 0.6) is 0 Å². The van der Waals surface area contributed by atoms with Crippen LogP contribution in [0.3, 0.4) is 0 Å². The number of anilines is 1. The zero-order valence-electron chi connectivity index (χ0n) is 9.53. The van der Waals surface area contributed by atoms with Crippen molar-refractivity contribution in [2.75, 3.05) is 5.32 Å². The van der Waals surface area contributed by atoms with E-state index in [4.69, 9.17) is 0 Å². The van der Waals surface area contributed by atoms with Gasteiger partial charge in [-0.2, -0.15) is 0 Å². The Bertz CT molecular complexity index is 547. The average molecular weight is 247 g/mol. The summed E-state index contributed by atoms with van der Waals surface area (Å²) < 4.78 is 26.5. The molecule has 3 nitrogen and oxygen atoms in total. The summed E-state index contributed by atoms with van der Waals surface area (Å²) in [5.41, 5.74) is 0.178. The highest BCUT2D eigenvalue weighted by Crippen LogP contribution is 2.48. The van der Waals surface area contributed by atoms with Gasteiger partial charge in [-0.1, -0.05) is 0 Å². The summed E-state index contributed by atoms with van der Waals surface area (Å²) in [5, 5.41) is 3.14. The summed E-state index contributed by atoms with van der Waals surface area (Å²) in [6.45, 7) is 0. The molecule has 0 radical (unpaired) electrons. The Morgan fingerprint density at radius 2 is 1.61 bits per heavy atom. The van der Waals surface area contributed by atoms with Crippen molar-refractivity contribution in [1.29, 1.82) is 0 Å². The van der Waals surface area contributed by atoms with Crippen LogP contribution < -0.4 is 5.32 Å². The minimum Gasteiger partial charge on any atom is -0.345 e. The number of hydrogen-bond donors (Lipinski definition) is 1. The summed E-state index contributed by atoms with van der Waals surface area (Å²) in [5.74, 6) is -0.654. The van der Waals surface area contributed by atoms with Crippen molar-refractivity contribution in [3.8, 4) is 0 Å². The number of halogens is 2. The molecule has 1 saturated carbocycles. The van der Waals surface area contributed by atoms with Gasteiger partial charge in [-0.05, 0) is 36.6 Å². The molecule has 1 aliphatic carbocycles. The third-order valence-corrected chi connectivity index (χ3v) is 3.08. The zero-order chi connectivity index (χ0) is 12.6. The third kappa shape index (κ3) is 2.03. The molecule has 1 aromatic carbocycles. The molecular formula is C13H11F2N3. The van der Waals surface area contributed by atoms with Crippen molar-refractivity contribution >= 4 is 5.95 Å². The first kappa shape index (κ1) is 11.1. The number of hydrogen-bond acceptors (Lipinski definition) is 3. The minimum atomic E-state index is -0.563. The van der Waals surface area contributed by atoms with Gasteiger partial charge in [0.25, 0.3) is 0 Å². The van der Waals surface area contributed by atoms with E-state index in [1.165, 1.54) is 12.1 Å². The van der Waals surface area contributed by atoms with Gasteiger partial charge >= 0.3 is 0 Å². The Labute approximate surface area is 103 Å². The summed E-state index contributed by atoms with van der Waals surface area (Å²) in [7, 11) is 0. The Morgan fingerprint density at radius 1 is 1.00 bits per heavy atom. The van der Waals surface area contributed by atoms with E-state index in [-0.39, 0.29) is 0 Å². The molecule has 1 N–H and O–H groups in total. The van der Waals surface area contributed by atoms with Crippen LogP contribution in [0.4, 0.5) is 14.7 Å². The molecule has 1 heterocycles. The largest absolute Gasteiger partial charge is 0.345 e. The van der Waals surface area contributed by atoms with Crippen LogP contribution in [-0.2, 0) is 5.54 Å². The van der Waals surface area contributed by atoms with E-state index in [0.29, 0.717) is 11.5 Å². The zero-order valence-corrected chi connectivity index (χ0v) is 9.53. The van der Waals surface area contributed by atoms with Gasteiger partial charge in [0.15, 0.2) is 0 Å². The summed E-state index contributed by atoms with van der Waals surface area (Å²) in [4.78, 5) is 8.13. The Kier molecular flexibility index (Phi) is 2.47. The molecule has 0 saturated heterocycles. The van der Waals surface area contributed by atoms with E-state index in [9.17, 15) is 8.78 Å². The van der Waals surface area contributed by atoms with Crippen molar-refractivity contribution in [3.05, 3.63) is 53.9 Å². The van der Waals surface area contributed by atoms with Crippen molar-refractivity contribution in [3.63, 3.8) is 0 Å². The second kappa shape index (κ2) is 4.01. The molecule has 1 aromatic heterocycles. The van der Waals surface area contributed by atoms with Crippen LogP contribution in [0.15, 0.2) is 36.7 Å². The highest BCUT2D eigenvalue weighted by molar-refractivity contribution is 5.42. The van der Waals surface area contributed by atoms with E-state index >= 15 is 0 Å². The third-order valence-electron chi connectivity index (χ3n) is 3.08. The quantitative estimate of drug-likeness (QED) is 0.906. The molecule has 1 fully saturated rings. The summed E-state index contributed by atoms with van der Waals surface area (Å²) in [6.07, 6.45) is 4.87. The molecule has 0 spiro atoms. The first-order chi connectivity index (χ1) is 8.68. The molecule has 5 heteroatoms. The molecule has 92 valence electrons. The summed E-state index contributed by atoms with van der Waals surface area (Å²) in [6, 6.07) is 5.29. The van der Waals surface area contributed by atoms with Crippen molar-refractivity contribution in [1.82, 2.24) is 9.97 Å². The van der Waals surface area contributed by atoms with E-state index in [1.54, 1.807) is 18.5 Å². The smallest absolute Gasteiger partial charge is 0.223 e. The Hall–Kier alpha value is -2.04. The van der Waals surface area contributed by atoms with E-state index < -0.39 is 17.2 Å². The monoisotopic (exact) mass is 247 g/mol. The fourth-order valence-electron chi connectivity index (χ4n) is 2.02. The second-order valence-electron chi connectivity index (χ2n) is 4.44. The highest BCUT2D eigenvalue weighted by Gasteiger charge is 2.45. The fourth-order valence-corrected chi connectivity index (χ4v) is 2.02. The van der Waals surface area contributed by atoms with Crippen molar-refractivity contribution < 1.29 is 8.78 Å². The lowest BCUT2D eigenvalue weighted by Crippen LogP contribution is -2.20. The number of nitrogens with zero attached hydrogens (tertiary/aromatic N) is 2. The number of benzene rings is 1. The maximum Gasteiger partial charge on any atom is 0.223 e. The first-order valence-corrected chi connectivity index (χ1v) is 5.70. The SMILES string of the molecule is Fc1cc(F)cc(C2(Nc3ncccn3)CC2)c1. The molecule has 3 rings (SSSR count). The van der Waals surface area contributed by atoms with E-state index in [1.807, 2.05) is 0 Å². The number of rotatable bonds is 3. The molecule has 0 bridgehead atoms. The Balaban J connectivity index is 1.91. The molecule has 0 unspecified atom stereocenters. The number of nitrogens with one attached hydrogen (secondary N) is 1. The van der Waals surface area contributed by atoms with Gasteiger partial charge in [0, 0.05) is 18.5 Å². The van der Waals surface area contributed by atoms with Gasteiger partial charge in [-0.3, -0.25) is 0 Å². The van der Waals surface area contributed by atoms with E-state index in [0.717, 1.165) is 18.9 Å². The van der Waals surface area contributed by atoms with Gasteiger partial charge in [-0.25, -0.2) is 18.7 Å². The lowest BCUT2D eigenvalue weighted by atomic mass is 10.0. The summed E-state index contributed by atoms with van der Waals surface area (Å²) >= 11 is 0. The van der Waals surface area contributed by atoms with Gasteiger partial charge in [0.1, 0.15) is 11.6 Å². The number of aromatic nitrogens is 2. The van der Waals surface area contributed by atoms with Crippen LogP contribution in [0.1, 0.15) is 18.4 Å². The minimum absolute atomic E-state index is 0.426. The molecule has 0 aliphatic heterocycles. The fraction of sp³-hybridized carbons (Fsp3) is 0.231. The van der Waals surface area contributed by atoms with Crippen molar-refractivity contribution in [2.45, 2.75) is 18.4 Å². The molecule has 0 amide bonds. The van der Waals surface area contributed by atoms with Crippen LogP contribution in [0, 0.1) is 11.6 Å². The molecular weight excluding hydrogens is 236 g/mol. The lowest BCUT2D eigenvalue weighted by Gasteiger charge is -2.17. The van der Waals surface area contributed by atoms with E-state index in [2.05, 4.69) is 15.3 Å².